The minimum atomic E-state index is -0.133. The Balaban J connectivity index is 1.96. The Kier molecular flexibility index (Phi) is 3.65. The molecule has 0 heterocycles. The molecule has 0 bridgehead atoms. The number of amides is 2. The van der Waals surface area contributed by atoms with E-state index in [1.165, 1.54) is 6.92 Å². The summed E-state index contributed by atoms with van der Waals surface area (Å²) < 4.78 is 0. The van der Waals surface area contributed by atoms with Gasteiger partial charge in [-0.05, 0) is 31.4 Å². The van der Waals surface area contributed by atoms with Gasteiger partial charge in [-0.2, -0.15) is 0 Å². The molecule has 96 valence electrons. The Morgan fingerprint density at radius 2 is 2.00 bits per heavy atom. The van der Waals surface area contributed by atoms with Crippen LogP contribution in [0.2, 0.25) is 0 Å². The molecule has 0 spiro atoms. The molecule has 0 radical (unpaired) electrons. The minimum Gasteiger partial charge on any atom is -0.331 e. The molecule has 1 aromatic rings. The van der Waals surface area contributed by atoms with Crippen LogP contribution in [0.25, 0.3) is 0 Å². The van der Waals surface area contributed by atoms with Crippen molar-refractivity contribution in [2.45, 2.75) is 32.7 Å². The number of aryl methyl sites for hydroxylation is 1. The number of nitrogens with one attached hydrogen (secondary N) is 1. The maximum atomic E-state index is 11.9. The molecular formula is C14H18N2O2. The minimum absolute atomic E-state index is 0.0302. The van der Waals surface area contributed by atoms with Crippen LogP contribution < -0.4 is 5.32 Å². The van der Waals surface area contributed by atoms with Gasteiger partial charge in [0.1, 0.15) is 6.54 Å². The molecule has 2 amide bonds. The predicted molar refractivity (Wildman–Crippen MR) is 70.2 cm³/mol. The monoisotopic (exact) mass is 246 g/mol. The van der Waals surface area contributed by atoms with Crippen LogP contribution in [-0.4, -0.2) is 29.3 Å². The lowest BCUT2D eigenvalue weighted by molar-refractivity contribution is -0.133. The highest BCUT2D eigenvalue weighted by atomic mass is 16.2. The molecule has 1 aliphatic rings. The van der Waals surface area contributed by atoms with Crippen molar-refractivity contribution in [1.82, 2.24) is 4.90 Å². The van der Waals surface area contributed by atoms with Gasteiger partial charge in [0.15, 0.2) is 0 Å². The zero-order valence-corrected chi connectivity index (χ0v) is 10.8. The van der Waals surface area contributed by atoms with Crippen molar-refractivity contribution in [2.24, 2.45) is 0 Å². The SMILES string of the molecule is CC(=O)N(CC(=O)Nc1ccccc1C)C1CC1. The van der Waals surface area contributed by atoms with Crippen molar-refractivity contribution in [3.05, 3.63) is 29.8 Å². The van der Waals surface area contributed by atoms with Gasteiger partial charge in [0.2, 0.25) is 11.8 Å². The Hall–Kier alpha value is -1.84. The lowest BCUT2D eigenvalue weighted by Gasteiger charge is -2.20. The van der Waals surface area contributed by atoms with E-state index in [2.05, 4.69) is 5.32 Å². The van der Waals surface area contributed by atoms with Gasteiger partial charge in [-0.15, -0.1) is 0 Å². The van der Waals surface area contributed by atoms with Crippen LogP contribution in [0.5, 0.6) is 0 Å². The molecule has 18 heavy (non-hydrogen) atoms. The summed E-state index contributed by atoms with van der Waals surface area (Å²) in [6, 6.07) is 7.88. The summed E-state index contributed by atoms with van der Waals surface area (Å²) >= 11 is 0. The molecule has 1 aromatic carbocycles. The fourth-order valence-corrected chi connectivity index (χ4v) is 1.94. The normalized spacial score (nSPS) is 14.1. The molecule has 0 aromatic heterocycles. The van der Waals surface area contributed by atoms with E-state index in [1.807, 2.05) is 31.2 Å². The highest BCUT2D eigenvalue weighted by molar-refractivity contribution is 5.95. The molecule has 0 aliphatic heterocycles. The topological polar surface area (TPSA) is 49.4 Å². The zero-order valence-electron chi connectivity index (χ0n) is 10.8. The molecule has 0 atom stereocenters. The molecule has 2 rings (SSSR count). The van der Waals surface area contributed by atoms with Gasteiger partial charge in [0.25, 0.3) is 0 Å². The molecule has 1 saturated carbocycles. The van der Waals surface area contributed by atoms with Gasteiger partial charge in [0, 0.05) is 18.7 Å². The van der Waals surface area contributed by atoms with Crippen molar-refractivity contribution >= 4 is 17.5 Å². The largest absolute Gasteiger partial charge is 0.331 e. The van der Waals surface area contributed by atoms with Gasteiger partial charge >= 0.3 is 0 Å². The van der Waals surface area contributed by atoms with Crippen LogP contribution in [0.3, 0.4) is 0 Å². The van der Waals surface area contributed by atoms with Crippen LogP contribution >= 0.6 is 0 Å². The van der Waals surface area contributed by atoms with E-state index in [-0.39, 0.29) is 24.4 Å². The highest BCUT2D eigenvalue weighted by Crippen LogP contribution is 2.26. The molecule has 1 fully saturated rings. The Morgan fingerprint density at radius 3 is 2.56 bits per heavy atom. The van der Waals surface area contributed by atoms with E-state index in [4.69, 9.17) is 0 Å². The molecule has 4 nitrogen and oxygen atoms in total. The van der Waals surface area contributed by atoms with Gasteiger partial charge < -0.3 is 10.2 Å². The smallest absolute Gasteiger partial charge is 0.244 e. The van der Waals surface area contributed by atoms with E-state index in [9.17, 15) is 9.59 Å². The third-order valence-corrected chi connectivity index (χ3v) is 3.13. The summed E-state index contributed by atoms with van der Waals surface area (Å²) in [7, 11) is 0. The molecular weight excluding hydrogens is 228 g/mol. The van der Waals surface area contributed by atoms with Gasteiger partial charge in [-0.1, -0.05) is 18.2 Å². The first-order valence-corrected chi connectivity index (χ1v) is 6.20. The number of carbonyl (C=O) groups is 2. The second kappa shape index (κ2) is 5.21. The van der Waals surface area contributed by atoms with Crippen molar-refractivity contribution in [3.8, 4) is 0 Å². The number of rotatable bonds is 4. The predicted octanol–water partition coefficient (Wildman–Crippen LogP) is 1.94. The first kappa shape index (κ1) is 12.6. The summed E-state index contributed by atoms with van der Waals surface area (Å²) in [5, 5.41) is 2.85. The van der Waals surface area contributed by atoms with Crippen LogP contribution in [0.15, 0.2) is 24.3 Å². The number of nitrogens with zero attached hydrogens (tertiary/aromatic N) is 1. The number of benzene rings is 1. The van der Waals surface area contributed by atoms with Crippen molar-refractivity contribution in [2.75, 3.05) is 11.9 Å². The maximum Gasteiger partial charge on any atom is 0.244 e. The fraction of sp³-hybridized carbons (Fsp3) is 0.429. The van der Waals surface area contributed by atoms with E-state index in [1.54, 1.807) is 4.90 Å². The van der Waals surface area contributed by atoms with Crippen molar-refractivity contribution < 1.29 is 9.59 Å². The van der Waals surface area contributed by atoms with Gasteiger partial charge in [0.05, 0.1) is 0 Å². The first-order valence-electron chi connectivity index (χ1n) is 6.20. The summed E-state index contributed by atoms with van der Waals surface area (Å²) in [6.45, 7) is 3.60. The van der Waals surface area contributed by atoms with E-state index < -0.39 is 0 Å². The molecule has 1 aliphatic carbocycles. The quantitative estimate of drug-likeness (QED) is 0.882. The van der Waals surface area contributed by atoms with Gasteiger partial charge in [-0.3, -0.25) is 9.59 Å². The average molecular weight is 246 g/mol. The lowest BCUT2D eigenvalue weighted by atomic mass is 10.2. The molecule has 1 N–H and O–H groups in total. The first-order chi connectivity index (χ1) is 8.58. The van der Waals surface area contributed by atoms with Crippen molar-refractivity contribution in [3.63, 3.8) is 0 Å². The van der Waals surface area contributed by atoms with E-state index in [0.717, 1.165) is 24.1 Å². The second-order valence-electron chi connectivity index (χ2n) is 4.74. The lowest BCUT2D eigenvalue weighted by Crippen LogP contribution is -2.38. The Bertz CT molecular complexity index is 467. The zero-order chi connectivity index (χ0) is 13.1. The summed E-state index contributed by atoms with van der Waals surface area (Å²) in [6.07, 6.45) is 2.02. The third-order valence-electron chi connectivity index (χ3n) is 3.13. The molecule has 0 saturated heterocycles. The summed E-state index contributed by atoms with van der Waals surface area (Å²) in [5.41, 5.74) is 1.83. The number of carbonyl (C=O) groups excluding carboxylic acids is 2. The van der Waals surface area contributed by atoms with Crippen molar-refractivity contribution in [1.29, 1.82) is 0 Å². The molecule has 0 unspecified atom stereocenters. The second-order valence-corrected chi connectivity index (χ2v) is 4.74. The highest BCUT2D eigenvalue weighted by Gasteiger charge is 2.31. The van der Waals surface area contributed by atoms with Crippen LogP contribution in [-0.2, 0) is 9.59 Å². The number of hydrogen-bond acceptors (Lipinski definition) is 2. The summed E-state index contributed by atoms with van der Waals surface area (Å²) in [4.78, 5) is 25.0. The number of para-hydroxylation sites is 1. The van der Waals surface area contributed by atoms with Crippen LogP contribution in [0.1, 0.15) is 25.3 Å². The van der Waals surface area contributed by atoms with Crippen LogP contribution in [0, 0.1) is 6.92 Å². The summed E-state index contributed by atoms with van der Waals surface area (Å²) in [5.74, 6) is -0.163. The third kappa shape index (κ3) is 3.09. The van der Waals surface area contributed by atoms with E-state index >= 15 is 0 Å². The van der Waals surface area contributed by atoms with E-state index in [0.29, 0.717) is 0 Å². The van der Waals surface area contributed by atoms with Crippen LogP contribution in [0.4, 0.5) is 5.69 Å². The number of hydrogen-bond donors (Lipinski definition) is 1. The average Bonchev–Trinajstić information content (AvgIpc) is 3.13. The fourth-order valence-electron chi connectivity index (χ4n) is 1.94. The number of anilines is 1. The molecule has 4 heteroatoms. The Labute approximate surface area is 107 Å². The van der Waals surface area contributed by atoms with Gasteiger partial charge in [-0.25, -0.2) is 0 Å². The maximum absolute atomic E-state index is 11.9. The Morgan fingerprint density at radius 1 is 1.33 bits per heavy atom. The standard InChI is InChI=1S/C14H18N2O2/c1-10-5-3-4-6-13(10)15-14(18)9-16(11(2)17)12-7-8-12/h3-6,12H,7-9H2,1-2H3,(H,15,18).